The van der Waals surface area contributed by atoms with E-state index in [1.807, 2.05) is 6.92 Å². The zero-order chi connectivity index (χ0) is 23.3. The highest BCUT2D eigenvalue weighted by atomic mass is 32.1. The summed E-state index contributed by atoms with van der Waals surface area (Å²) in [6, 6.07) is 9.34. The molecule has 0 bridgehead atoms. The monoisotopic (exact) mass is 475 g/mol. The van der Waals surface area contributed by atoms with Crippen molar-refractivity contribution >= 4 is 35.6 Å². The molecule has 0 saturated heterocycles. The van der Waals surface area contributed by atoms with Gasteiger partial charge in [0, 0.05) is 17.7 Å². The average molecular weight is 476 g/mol. The fourth-order valence-electron chi connectivity index (χ4n) is 2.92. The molecule has 3 rings (SSSR count). The maximum absolute atomic E-state index is 11.9. The second kappa shape index (κ2) is 10.4. The maximum atomic E-state index is 11.9. The van der Waals surface area contributed by atoms with Crippen molar-refractivity contribution in [2.45, 2.75) is 25.5 Å². The number of benzene rings is 2. The number of nitro benzene ring substituents is 1. The summed E-state index contributed by atoms with van der Waals surface area (Å²) in [5, 5.41) is 20.2. The Morgan fingerprint density at radius 2 is 1.94 bits per heavy atom. The van der Waals surface area contributed by atoms with Crippen molar-refractivity contribution in [1.82, 2.24) is 10.2 Å². The number of esters is 1. The van der Waals surface area contributed by atoms with Gasteiger partial charge < -0.3 is 14.2 Å². The van der Waals surface area contributed by atoms with E-state index in [1.165, 1.54) is 36.6 Å². The Hall–Kier alpha value is -3.18. The molecule has 1 atom stereocenters. The molecule has 0 aliphatic heterocycles. The highest BCUT2D eigenvalue weighted by Crippen LogP contribution is 2.41. The van der Waals surface area contributed by atoms with Gasteiger partial charge in [-0.05, 0) is 37.6 Å². The minimum absolute atomic E-state index is 0.0700. The minimum Gasteiger partial charge on any atom is -0.493 e. The molecule has 1 unspecified atom stereocenters. The zero-order valence-corrected chi connectivity index (χ0v) is 19.3. The summed E-state index contributed by atoms with van der Waals surface area (Å²) in [6.45, 7) is 3.84. The predicted octanol–water partition coefficient (Wildman–Crippen LogP) is 4.68. The van der Waals surface area contributed by atoms with Gasteiger partial charge in [0.2, 0.25) is 0 Å². The van der Waals surface area contributed by atoms with E-state index < -0.39 is 10.2 Å². The molecule has 0 saturated carbocycles. The fourth-order valence-corrected chi connectivity index (χ4v) is 4.04. The molecule has 0 aliphatic carbocycles. The Morgan fingerprint density at radius 3 is 2.56 bits per heavy atom. The molecular weight excluding hydrogens is 454 g/mol. The van der Waals surface area contributed by atoms with Crippen molar-refractivity contribution < 1.29 is 23.9 Å². The van der Waals surface area contributed by atoms with Gasteiger partial charge >= 0.3 is 5.97 Å². The summed E-state index contributed by atoms with van der Waals surface area (Å²) < 4.78 is 16.5. The first-order valence-corrected chi connectivity index (χ1v) is 10.9. The number of aryl methyl sites for hydroxylation is 1. The normalized spacial score (nSPS) is 11.6. The van der Waals surface area contributed by atoms with Crippen molar-refractivity contribution in [2.75, 3.05) is 13.7 Å². The van der Waals surface area contributed by atoms with E-state index in [0.29, 0.717) is 40.0 Å². The van der Waals surface area contributed by atoms with Crippen LogP contribution in [0.1, 0.15) is 33.3 Å². The first-order chi connectivity index (χ1) is 15.3. The topological polar surface area (TPSA) is 114 Å². The largest absolute Gasteiger partial charge is 0.493 e. The Morgan fingerprint density at radius 1 is 1.19 bits per heavy atom. The van der Waals surface area contributed by atoms with E-state index in [0.717, 1.165) is 5.01 Å². The summed E-state index contributed by atoms with van der Waals surface area (Å²) in [5.41, 5.74) is 1.03. The molecule has 1 aromatic heterocycles. The van der Waals surface area contributed by atoms with Gasteiger partial charge in [-0.15, -0.1) is 21.5 Å². The molecule has 168 valence electrons. The van der Waals surface area contributed by atoms with Gasteiger partial charge in [-0.25, -0.2) is 0 Å². The number of hydrogen-bond acceptors (Lipinski definition) is 10. The number of carbonyl (C=O) groups is 1. The van der Waals surface area contributed by atoms with Crippen molar-refractivity contribution in [1.29, 1.82) is 0 Å². The molecular formula is C21H21N3O6S2. The molecule has 3 aromatic rings. The molecule has 9 nitrogen and oxygen atoms in total. The lowest BCUT2D eigenvalue weighted by molar-refractivity contribution is -0.384. The van der Waals surface area contributed by atoms with E-state index in [4.69, 9.17) is 14.2 Å². The number of ether oxygens (including phenoxy) is 3. The smallest absolute Gasteiger partial charge is 0.310 e. The number of non-ortho nitro benzene ring substituents is 1. The average Bonchev–Trinajstić information content (AvgIpc) is 3.20. The Labute approximate surface area is 193 Å². The lowest BCUT2D eigenvalue weighted by atomic mass is 10.1. The first kappa shape index (κ1) is 23.5. The van der Waals surface area contributed by atoms with E-state index in [9.17, 15) is 14.9 Å². The quantitative estimate of drug-likeness (QED) is 0.205. The lowest BCUT2D eigenvalue weighted by Gasteiger charge is -2.17. The number of thiol groups is 1. The first-order valence-electron chi connectivity index (χ1n) is 9.59. The van der Waals surface area contributed by atoms with Gasteiger partial charge in [0.1, 0.15) is 15.8 Å². The molecule has 0 radical (unpaired) electrons. The van der Waals surface area contributed by atoms with Crippen LogP contribution in [0.25, 0.3) is 0 Å². The number of nitro groups is 1. The molecule has 2 aromatic carbocycles. The van der Waals surface area contributed by atoms with Crippen LogP contribution in [0.3, 0.4) is 0 Å². The van der Waals surface area contributed by atoms with Crippen LogP contribution in [0.15, 0.2) is 36.4 Å². The maximum Gasteiger partial charge on any atom is 0.310 e. The summed E-state index contributed by atoms with van der Waals surface area (Å²) in [5.74, 6) is 0.763. The highest BCUT2D eigenvalue weighted by Gasteiger charge is 2.23. The third kappa shape index (κ3) is 5.54. The second-order valence-electron chi connectivity index (χ2n) is 6.61. The van der Waals surface area contributed by atoms with Crippen LogP contribution in [0, 0.1) is 17.0 Å². The third-order valence-corrected chi connectivity index (χ3v) is 5.98. The van der Waals surface area contributed by atoms with Gasteiger partial charge in [-0.2, -0.15) is 12.6 Å². The second-order valence-corrected chi connectivity index (χ2v) is 8.34. The van der Waals surface area contributed by atoms with Gasteiger partial charge in [0.25, 0.3) is 5.69 Å². The standard InChI is InChI=1S/C21H21N3O6S2/c1-4-29-19(25)10-13-5-7-17(28-3)18(9-13)30-16-8-6-14(24(26)27)11-15(16)20(31)21-23-22-12(2)32-21/h5-9,11,20,31H,4,10H2,1-3H3. The van der Waals surface area contributed by atoms with Crippen molar-refractivity contribution in [3.8, 4) is 17.2 Å². The third-order valence-electron chi connectivity index (χ3n) is 4.38. The van der Waals surface area contributed by atoms with E-state index >= 15 is 0 Å². The predicted molar refractivity (Wildman–Crippen MR) is 122 cm³/mol. The highest BCUT2D eigenvalue weighted by molar-refractivity contribution is 7.81. The van der Waals surface area contributed by atoms with Crippen molar-refractivity contribution in [3.05, 3.63) is 67.7 Å². The molecule has 1 heterocycles. The number of methoxy groups -OCH3 is 1. The van der Waals surface area contributed by atoms with Crippen LogP contribution in [0.5, 0.6) is 17.2 Å². The van der Waals surface area contributed by atoms with Crippen LogP contribution in [0.2, 0.25) is 0 Å². The number of aromatic nitrogens is 2. The molecule has 11 heteroatoms. The fraction of sp³-hybridized carbons (Fsp3) is 0.286. The van der Waals surface area contributed by atoms with Crippen molar-refractivity contribution in [2.24, 2.45) is 0 Å². The SMILES string of the molecule is CCOC(=O)Cc1ccc(OC)c(Oc2ccc([N+](=O)[O-])cc2C(S)c2nnc(C)s2)c1. The van der Waals surface area contributed by atoms with Gasteiger partial charge in [-0.3, -0.25) is 14.9 Å². The number of nitrogens with zero attached hydrogens (tertiary/aromatic N) is 3. The summed E-state index contributed by atoms with van der Waals surface area (Å²) in [7, 11) is 1.50. The summed E-state index contributed by atoms with van der Waals surface area (Å²) in [4.78, 5) is 22.7. The number of rotatable bonds is 9. The van der Waals surface area contributed by atoms with Gasteiger partial charge in [0.05, 0.1) is 30.3 Å². The zero-order valence-electron chi connectivity index (χ0n) is 17.6. The van der Waals surface area contributed by atoms with Crippen LogP contribution in [0.4, 0.5) is 5.69 Å². The molecule has 32 heavy (non-hydrogen) atoms. The Bertz CT molecular complexity index is 1130. The van der Waals surface area contributed by atoms with Crippen LogP contribution >= 0.6 is 24.0 Å². The summed E-state index contributed by atoms with van der Waals surface area (Å²) >= 11 is 5.97. The van der Waals surface area contributed by atoms with E-state index in [1.54, 1.807) is 25.1 Å². The Kier molecular flexibility index (Phi) is 7.65. The van der Waals surface area contributed by atoms with Crippen molar-refractivity contribution in [3.63, 3.8) is 0 Å². The molecule has 0 aliphatic rings. The molecule has 0 amide bonds. The summed E-state index contributed by atoms with van der Waals surface area (Å²) in [6.07, 6.45) is 0.0700. The van der Waals surface area contributed by atoms with Crippen LogP contribution < -0.4 is 9.47 Å². The number of hydrogen-bond donors (Lipinski definition) is 1. The van der Waals surface area contributed by atoms with Gasteiger partial charge in [-0.1, -0.05) is 6.07 Å². The molecule has 0 fully saturated rings. The lowest BCUT2D eigenvalue weighted by Crippen LogP contribution is -2.07. The van der Waals surface area contributed by atoms with Crippen LogP contribution in [-0.2, 0) is 16.0 Å². The van der Waals surface area contributed by atoms with Crippen LogP contribution in [-0.4, -0.2) is 34.8 Å². The van der Waals surface area contributed by atoms with Gasteiger partial charge in [0.15, 0.2) is 11.5 Å². The minimum atomic E-state index is -0.593. The molecule has 0 spiro atoms. The number of carbonyl (C=O) groups excluding carboxylic acids is 1. The van der Waals surface area contributed by atoms with E-state index in [2.05, 4.69) is 22.8 Å². The Balaban J connectivity index is 2.00. The van der Waals surface area contributed by atoms with E-state index in [-0.39, 0.29) is 18.1 Å². The molecule has 0 N–H and O–H groups in total.